The monoisotopic (exact) mass is 244 g/mol. The molecule has 3 aliphatic rings. The van der Waals surface area contributed by atoms with E-state index in [0.717, 1.165) is 39.5 Å². The number of hydrogen-bond acceptors (Lipinski definition) is 5. The highest BCUT2D eigenvalue weighted by Gasteiger charge is 2.29. The number of epoxide rings is 3. The van der Waals surface area contributed by atoms with Gasteiger partial charge in [-0.1, -0.05) is 0 Å². The van der Waals surface area contributed by atoms with Gasteiger partial charge >= 0.3 is 0 Å². The van der Waals surface area contributed by atoms with Crippen LogP contribution in [0.15, 0.2) is 0 Å². The van der Waals surface area contributed by atoms with Gasteiger partial charge in [-0.3, -0.25) is 0 Å². The Morgan fingerprint density at radius 1 is 0.824 bits per heavy atom. The average Bonchev–Trinajstić information content (AvgIpc) is 3.10. The Hall–Kier alpha value is -0.200. The van der Waals surface area contributed by atoms with E-state index < -0.39 is 0 Å². The van der Waals surface area contributed by atoms with Crippen LogP contribution in [-0.4, -0.2) is 64.6 Å². The van der Waals surface area contributed by atoms with Crippen LogP contribution in [0.25, 0.3) is 0 Å². The lowest BCUT2D eigenvalue weighted by Gasteiger charge is -2.15. The molecule has 0 radical (unpaired) electrons. The summed E-state index contributed by atoms with van der Waals surface area (Å²) in [5.74, 6) is 0.431. The van der Waals surface area contributed by atoms with Crippen molar-refractivity contribution in [2.24, 2.45) is 5.92 Å². The lowest BCUT2D eigenvalue weighted by molar-refractivity contribution is 0.0243. The summed E-state index contributed by atoms with van der Waals surface area (Å²) in [7, 11) is 0. The Bertz CT molecular complexity index is 217. The van der Waals surface area contributed by atoms with Crippen LogP contribution in [0.5, 0.6) is 0 Å². The molecule has 3 saturated heterocycles. The van der Waals surface area contributed by atoms with E-state index in [1.54, 1.807) is 0 Å². The Morgan fingerprint density at radius 2 is 1.29 bits per heavy atom. The Morgan fingerprint density at radius 3 is 1.71 bits per heavy atom. The maximum atomic E-state index is 5.63. The summed E-state index contributed by atoms with van der Waals surface area (Å²) in [4.78, 5) is 0. The van der Waals surface area contributed by atoms with E-state index in [4.69, 9.17) is 23.7 Å². The van der Waals surface area contributed by atoms with Crippen molar-refractivity contribution >= 4 is 0 Å². The first-order valence-corrected chi connectivity index (χ1v) is 6.40. The van der Waals surface area contributed by atoms with E-state index in [0.29, 0.717) is 37.4 Å². The van der Waals surface area contributed by atoms with Crippen molar-refractivity contribution in [1.82, 2.24) is 0 Å². The minimum atomic E-state index is 0.341. The van der Waals surface area contributed by atoms with Gasteiger partial charge in [-0.2, -0.15) is 0 Å². The van der Waals surface area contributed by atoms with E-state index in [9.17, 15) is 0 Å². The van der Waals surface area contributed by atoms with Crippen molar-refractivity contribution in [3.63, 3.8) is 0 Å². The number of ether oxygens (including phenoxy) is 5. The predicted octanol–water partition coefficient (Wildman–Crippen LogP) is 0.222. The van der Waals surface area contributed by atoms with Crippen molar-refractivity contribution < 1.29 is 23.7 Å². The van der Waals surface area contributed by atoms with Gasteiger partial charge in [-0.25, -0.2) is 0 Å². The Labute approximate surface area is 101 Å². The molecule has 0 aromatic rings. The van der Waals surface area contributed by atoms with Gasteiger partial charge in [-0.15, -0.1) is 0 Å². The summed E-state index contributed by atoms with van der Waals surface area (Å²) in [6, 6.07) is 0. The van der Waals surface area contributed by atoms with Gasteiger partial charge < -0.3 is 23.7 Å². The molecule has 98 valence electrons. The second kappa shape index (κ2) is 5.63. The van der Waals surface area contributed by atoms with Crippen molar-refractivity contribution in [3.05, 3.63) is 0 Å². The Balaban J connectivity index is 1.29. The number of hydrogen-bond donors (Lipinski definition) is 0. The van der Waals surface area contributed by atoms with Crippen molar-refractivity contribution in [1.29, 1.82) is 0 Å². The maximum absolute atomic E-state index is 5.63. The molecular formula is C12H20O5. The molecule has 3 heterocycles. The van der Waals surface area contributed by atoms with Gasteiger partial charge in [-0.05, 0) is 6.42 Å². The SMILES string of the molecule is C(OCC1CO1)C(COCC1CO1)CC1CO1. The molecule has 0 spiro atoms. The summed E-state index contributed by atoms with van der Waals surface area (Å²) < 4.78 is 26.7. The molecule has 0 aromatic carbocycles. The normalized spacial score (nSPS) is 35.6. The first-order valence-electron chi connectivity index (χ1n) is 6.40. The molecule has 17 heavy (non-hydrogen) atoms. The highest BCUT2D eigenvalue weighted by Crippen LogP contribution is 2.21. The summed E-state index contributed by atoms with van der Waals surface area (Å²) in [5, 5.41) is 0. The molecule has 5 nitrogen and oxygen atoms in total. The lowest BCUT2D eigenvalue weighted by Crippen LogP contribution is -2.21. The van der Waals surface area contributed by atoms with Crippen molar-refractivity contribution in [3.8, 4) is 0 Å². The minimum absolute atomic E-state index is 0.341. The zero-order valence-corrected chi connectivity index (χ0v) is 10.0. The van der Waals surface area contributed by atoms with Crippen LogP contribution in [0.2, 0.25) is 0 Å². The van der Waals surface area contributed by atoms with E-state index >= 15 is 0 Å². The first-order chi connectivity index (χ1) is 8.40. The molecule has 0 saturated carbocycles. The van der Waals surface area contributed by atoms with E-state index in [-0.39, 0.29) is 0 Å². The molecule has 3 rings (SSSR count). The predicted molar refractivity (Wildman–Crippen MR) is 59.0 cm³/mol. The fraction of sp³-hybridized carbons (Fsp3) is 1.00. The fourth-order valence-electron chi connectivity index (χ4n) is 1.82. The zero-order valence-electron chi connectivity index (χ0n) is 10.0. The summed E-state index contributed by atoms with van der Waals surface area (Å²) in [6.07, 6.45) is 2.15. The van der Waals surface area contributed by atoms with Crippen LogP contribution in [0.4, 0.5) is 0 Å². The van der Waals surface area contributed by atoms with Crippen molar-refractivity contribution in [2.45, 2.75) is 24.7 Å². The third kappa shape index (κ3) is 4.89. The molecular weight excluding hydrogens is 224 g/mol. The minimum Gasteiger partial charge on any atom is -0.378 e. The summed E-state index contributed by atoms with van der Waals surface area (Å²) in [5.41, 5.74) is 0. The van der Waals surface area contributed by atoms with E-state index in [1.165, 1.54) is 0 Å². The first kappa shape index (κ1) is 11.9. The van der Waals surface area contributed by atoms with Crippen LogP contribution in [0.3, 0.4) is 0 Å². The standard InChI is InChI=1S/C12H20O5/c1(10-6-15-10)9(2-13-4-11-7-16-11)3-14-5-12-8-17-12/h9-12H,1-8H2. The number of rotatable bonds is 10. The van der Waals surface area contributed by atoms with Gasteiger partial charge in [0.25, 0.3) is 0 Å². The molecule has 0 aromatic heterocycles. The molecule has 0 aliphatic carbocycles. The van der Waals surface area contributed by atoms with Crippen LogP contribution >= 0.6 is 0 Å². The third-order valence-electron chi connectivity index (χ3n) is 3.12. The highest BCUT2D eigenvalue weighted by molar-refractivity contribution is 4.75. The van der Waals surface area contributed by atoms with Crippen molar-refractivity contribution in [2.75, 3.05) is 46.2 Å². The molecule has 3 atom stereocenters. The smallest absolute Gasteiger partial charge is 0.104 e. The van der Waals surface area contributed by atoms with Gasteiger partial charge in [0.1, 0.15) is 12.2 Å². The van der Waals surface area contributed by atoms with Gasteiger partial charge in [0, 0.05) is 5.92 Å². The second-order valence-corrected chi connectivity index (χ2v) is 5.04. The van der Waals surface area contributed by atoms with Crippen LogP contribution < -0.4 is 0 Å². The fourth-order valence-corrected chi connectivity index (χ4v) is 1.82. The van der Waals surface area contributed by atoms with Crippen LogP contribution in [0.1, 0.15) is 6.42 Å². The quantitative estimate of drug-likeness (QED) is 0.515. The van der Waals surface area contributed by atoms with Crippen LogP contribution in [0, 0.1) is 5.92 Å². The van der Waals surface area contributed by atoms with E-state index in [2.05, 4.69) is 0 Å². The molecule has 0 amide bonds. The van der Waals surface area contributed by atoms with Gasteiger partial charge in [0.2, 0.25) is 0 Å². The zero-order chi connectivity index (χ0) is 11.5. The lowest BCUT2D eigenvalue weighted by atomic mass is 10.1. The highest BCUT2D eigenvalue weighted by atomic mass is 16.6. The van der Waals surface area contributed by atoms with E-state index in [1.807, 2.05) is 0 Å². The Kier molecular flexibility index (Phi) is 3.93. The second-order valence-electron chi connectivity index (χ2n) is 5.04. The summed E-state index contributed by atoms with van der Waals surface area (Å²) >= 11 is 0. The van der Waals surface area contributed by atoms with Crippen LogP contribution in [-0.2, 0) is 23.7 Å². The summed E-state index contributed by atoms with van der Waals surface area (Å²) in [6.45, 7) is 5.52. The maximum Gasteiger partial charge on any atom is 0.104 e. The largest absolute Gasteiger partial charge is 0.378 e. The molecule has 3 unspecified atom stereocenters. The van der Waals surface area contributed by atoms with Gasteiger partial charge in [0.05, 0.1) is 52.4 Å². The molecule has 3 fully saturated rings. The third-order valence-corrected chi connectivity index (χ3v) is 3.12. The molecule has 5 heteroatoms. The van der Waals surface area contributed by atoms with Gasteiger partial charge in [0.15, 0.2) is 0 Å². The topological polar surface area (TPSA) is 56.0 Å². The molecule has 3 aliphatic heterocycles. The molecule has 0 bridgehead atoms. The average molecular weight is 244 g/mol. The molecule has 0 N–H and O–H groups in total.